The second-order valence-corrected chi connectivity index (χ2v) is 7.08. The van der Waals surface area contributed by atoms with E-state index in [1.807, 2.05) is 13.0 Å². The van der Waals surface area contributed by atoms with Crippen LogP contribution in [-0.2, 0) is 16.0 Å². The number of aryl methyl sites for hydroxylation is 1. The van der Waals surface area contributed by atoms with Crippen LogP contribution in [0.3, 0.4) is 0 Å². The van der Waals surface area contributed by atoms with E-state index in [4.69, 9.17) is 18.6 Å². The fourth-order valence-corrected chi connectivity index (χ4v) is 3.32. The lowest BCUT2D eigenvalue weighted by molar-refractivity contribution is -0.146. The van der Waals surface area contributed by atoms with Gasteiger partial charge < -0.3 is 18.6 Å². The quantitative estimate of drug-likeness (QED) is 0.308. The van der Waals surface area contributed by atoms with Crippen LogP contribution in [0.2, 0.25) is 0 Å². The van der Waals surface area contributed by atoms with E-state index in [9.17, 15) is 14.4 Å². The van der Waals surface area contributed by atoms with E-state index in [0.717, 1.165) is 10.9 Å². The van der Waals surface area contributed by atoms with Gasteiger partial charge in [-0.3, -0.25) is 9.59 Å². The molecule has 0 N–H and O–H groups in total. The molecule has 3 rings (SSSR count). The Morgan fingerprint density at radius 3 is 2.29 bits per heavy atom. The third-order valence-electron chi connectivity index (χ3n) is 5.13. The summed E-state index contributed by atoms with van der Waals surface area (Å²) in [4.78, 5) is 37.2. The lowest BCUT2D eigenvalue weighted by atomic mass is 10.0. The molecule has 2 aromatic carbocycles. The maximum Gasteiger partial charge on any atom is 0.339 e. The van der Waals surface area contributed by atoms with Crippen molar-refractivity contribution in [2.45, 2.75) is 32.8 Å². The van der Waals surface area contributed by atoms with Crippen molar-refractivity contribution in [3.8, 4) is 11.5 Å². The second-order valence-electron chi connectivity index (χ2n) is 7.08. The number of methoxy groups -OCH3 is 2. The highest BCUT2D eigenvalue weighted by Crippen LogP contribution is 2.24. The van der Waals surface area contributed by atoms with Gasteiger partial charge in [0.05, 0.1) is 14.2 Å². The number of carbonyl (C=O) groups is 2. The van der Waals surface area contributed by atoms with Crippen LogP contribution in [0.1, 0.15) is 34.8 Å². The highest BCUT2D eigenvalue weighted by atomic mass is 16.5. The van der Waals surface area contributed by atoms with Crippen LogP contribution in [0, 0.1) is 6.92 Å². The van der Waals surface area contributed by atoms with Crippen LogP contribution in [-0.4, -0.2) is 32.1 Å². The van der Waals surface area contributed by atoms with E-state index < -0.39 is 17.7 Å². The monoisotopic (exact) mass is 424 g/mol. The zero-order valence-corrected chi connectivity index (χ0v) is 17.9. The first-order valence-corrected chi connectivity index (χ1v) is 9.82. The molecule has 0 unspecified atom stereocenters. The average Bonchev–Trinajstić information content (AvgIpc) is 2.77. The highest BCUT2D eigenvalue weighted by molar-refractivity contribution is 6.00. The summed E-state index contributed by atoms with van der Waals surface area (Å²) in [5, 5.41) is 0.770. The number of Topliss-reactive ketones (excluding diaryl/α,β-unsaturated/α-hetero) is 1. The van der Waals surface area contributed by atoms with Gasteiger partial charge in [-0.15, -0.1) is 0 Å². The number of ketones is 1. The fraction of sp³-hybridized carbons (Fsp3) is 0.292. The van der Waals surface area contributed by atoms with Crippen LogP contribution < -0.4 is 15.1 Å². The van der Waals surface area contributed by atoms with Gasteiger partial charge in [-0.05, 0) is 62.2 Å². The molecule has 0 aliphatic carbocycles. The lowest BCUT2D eigenvalue weighted by Crippen LogP contribution is -2.25. The Balaban J connectivity index is 1.66. The molecule has 1 heterocycles. The topological polar surface area (TPSA) is 92.0 Å². The molecule has 7 nitrogen and oxygen atoms in total. The van der Waals surface area contributed by atoms with E-state index in [1.54, 1.807) is 36.4 Å². The van der Waals surface area contributed by atoms with Crippen LogP contribution in [0.4, 0.5) is 0 Å². The summed E-state index contributed by atoms with van der Waals surface area (Å²) in [6.07, 6.45) is -0.839. The first-order chi connectivity index (χ1) is 14.8. The number of benzene rings is 2. The molecule has 162 valence electrons. The van der Waals surface area contributed by atoms with Gasteiger partial charge in [0.1, 0.15) is 17.1 Å². The van der Waals surface area contributed by atoms with Crippen LogP contribution in [0.25, 0.3) is 11.0 Å². The molecular formula is C24H24O7. The number of rotatable bonds is 8. The van der Waals surface area contributed by atoms with Gasteiger partial charge in [-0.25, -0.2) is 4.79 Å². The molecule has 31 heavy (non-hydrogen) atoms. The van der Waals surface area contributed by atoms with Crippen LogP contribution in [0.5, 0.6) is 11.5 Å². The Kier molecular flexibility index (Phi) is 6.74. The van der Waals surface area contributed by atoms with Gasteiger partial charge in [0.2, 0.25) is 5.78 Å². The standard InChI is InChI=1S/C24H24O7/c1-14-19-10-9-18(29-4)13-21(19)31-24(27)20(14)11-12-22(25)30-15(2)23(26)16-5-7-17(28-3)8-6-16/h5-10,13,15H,11-12H2,1-4H3/t15-/m0/s1. The minimum atomic E-state index is -0.942. The van der Waals surface area contributed by atoms with E-state index in [1.165, 1.54) is 21.1 Å². The van der Waals surface area contributed by atoms with Crippen LogP contribution in [0.15, 0.2) is 51.7 Å². The molecule has 7 heteroatoms. The number of fused-ring (bicyclic) bond motifs is 1. The molecule has 0 aliphatic rings. The Morgan fingerprint density at radius 2 is 1.65 bits per heavy atom. The summed E-state index contributed by atoms with van der Waals surface area (Å²) in [6.45, 7) is 3.33. The Hall–Kier alpha value is -3.61. The predicted molar refractivity (Wildman–Crippen MR) is 115 cm³/mol. The molecule has 0 fully saturated rings. The number of hydrogen-bond acceptors (Lipinski definition) is 7. The highest BCUT2D eigenvalue weighted by Gasteiger charge is 2.20. The van der Waals surface area contributed by atoms with E-state index >= 15 is 0 Å². The van der Waals surface area contributed by atoms with Crippen molar-refractivity contribution in [1.29, 1.82) is 0 Å². The van der Waals surface area contributed by atoms with Gasteiger partial charge in [0.15, 0.2) is 6.10 Å². The van der Waals surface area contributed by atoms with Gasteiger partial charge >= 0.3 is 11.6 Å². The molecule has 0 aliphatic heterocycles. The summed E-state index contributed by atoms with van der Waals surface area (Å²) < 4.78 is 20.9. The first-order valence-electron chi connectivity index (χ1n) is 9.82. The minimum absolute atomic E-state index is 0.0481. The maximum absolute atomic E-state index is 12.5. The average molecular weight is 424 g/mol. The van der Waals surface area contributed by atoms with Crippen molar-refractivity contribution in [1.82, 2.24) is 0 Å². The van der Waals surface area contributed by atoms with Crippen molar-refractivity contribution < 1.29 is 28.2 Å². The summed E-state index contributed by atoms with van der Waals surface area (Å²) >= 11 is 0. The summed E-state index contributed by atoms with van der Waals surface area (Å²) in [6, 6.07) is 11.8. The van der Waals surface area contributed by atoms with Gasteiger partial charge in [0, 0.05) is 29.0 Å². The maximum atomic E-state index is 12.5. The lowest BCUT2D eigenvalue weighted by Gasteiger charge is -2.13. The number of carbonyl (C=O) groups excluding carboxylic acids is 2. The van der Waals surface area contributed by atoms with Crippen LogP contribution >= 0.6 is 0 Å². The van der Waals surface area contributed by atoms with Gasteiger partial charge in [-0.2, -0.15) is 0 Å². The number of ether oxygens (including phenoxy) is 3. The SMILES string of the molecule is COc1ccc(C(=O)[C@H](C)OC(=O)CCc2c(C)c3ccc(OC)cc3oc2=O)cc1. The fourth-order valence-electron chi connectivity index (χ4n) is 3.32. The largest absolute Gasteiger partial charge is 0.497 e. The first kappa shape index (κ1) is 22.1. The second kappa shape index (κ2) is 9.47. The normalized spacial score (nSPS) is 11.7. The smallest absolute Gasteiger partial charge is 0.339 e. The van der Waals surface area contributed by atoms with Gasteiger partial charge in [-0.1, -0.05) is 0 Å². The molecule has 0 radical (unpaired) electrons. The molecule has 0 spiro atoms. The molecule has 0 bridgehead atoms. The van der Waals surface area contributed by atoms with Gasteiger partial charge in [0.25, 0.3) is 0 Å². The third kappa shape index (κ3) is 4.94. The zero-order valence-electron chi connectivity index (χ0n) is 17.9. The van der Waals surface area contributed by atoms with Crippen molar-refractivity contribution in [3.05, 3.63) is 69.6 Å². The Bertz CT molecular complexity index is 1160. The Morgan fingerprint density at radius 1 is 1.00 bits per heavy atom. The molecule has 0 saturated heterocycles. The summed E-state index contributed by atoms with van der Waals surface area (Å²) in [5.41, 5.74) is 1.48. The van der Waals surface area contributed by atoms with Crippen molar-refractivity contribution in [2.24, 2.45) is 0 Å². The number of esters is 1. The van der Waals surface area contributed by atoms with E-state index in [0.29, 0.717) is 28.2 Å². The molecule has 0 saturated carbocycles. The predicted octanol–water partition coefficient (Wildman–Crippen LogP) is 3.87. The minimum Gasteiger partial charge on any atom is -0.497 e. The molecule has 3 aromatic rings. The molecule has 1 atom stereocenters. The third-order valence-corrected chi connectivity index (χ3v) is 5.13. The van der Waals surface area contributed by atoms with Crippen molar-refractivity contribution >= 4 is 22.7 Å². The summed E-state index contributed by atoms with van der Waals surface area (Å²) in [7, 11) is 3.07. The van der Waals surface area contributed by atoms with E-state index in [2.05, 4.69) is 0 Å². The summed E-state index contributed by atoms with van der Waals surface area (Å²) in [5.74, 6) is 0.334. The molecule has 1 aromatic heterocycles. The van der Waals surface area contributed by atoms with Crippen molar-refractivity contribution in [3.63, 3.8) is 0 Å². The molecule has 0 amide bonds. The number of hydrogen-bond donors (Lipinski definition) is 0. The zero-order chi connectivity index (χ0) is 22.5. The van der Waals surface area contributed by atoms with Crippen molar-refractivity contribution in [2.75, 3.05) is 14.2 Å². The Labute approximate surface area is 179 Å². The van der Waals surface area contributed by atoms with E-state index in [-0.39, 0.29) is 18.6 Å². The molecular weight excluding hydrogens is 400 g/mol.